The Morgan fingerprint density at radius 3 is 2.89 bits per heavy atom. The minimum absolute atomic E-state index is 0.186. The fraction of sp³-hybridized carbons (Fsp3) is 0.0769. The van der Waals surface area contributed by atoms with E-state index in [1.807, 2.05) is 0 Å². The quantitative estimate of drug-likeness (QED) is 0.903. The summed E-state index contributed by atoms with van der Waals surface area (Å²) in [4.78, 5) is 15.8. The van der Waals surface area contributed by atoms with Gasteiger partial charge in [-0.2, -0.15) is 0 Å². The number of aromatic nitrogens is 1. The topological polar surface area (TPSA) is 42.0 Å². The van der Waals surface area contributed by atoms with Gasteiger partial charge in [0.1, 0.15) is 11.5 Å². The molecule has 0 unspecified atom stereocenters. The molecule has 0 fully saturated rings. The van der Waals surface area contributed by atoms with Crippen LogP contribution < -0.4 is 5.32 Å². The molecule has 2 rings (SSSR count). The Morgan fingerprint density at radius 2 is 2.17 bits per heavy atom. The third-order valence-electron chi connectivity index (χ3n) is 2.47. The van der Waals surface area contributed by atoms with Gasteiger partial charge in [-0.25, -0.2) is 4.39 Å². The molecule has 0 radical (unpaired) electrons. The summed E-state index contributed by atoms with van der Waals surface area (Å²) in [5, 5.41) is 3.02. The van der Waals surface area contributed by atoms with E-state index in [0.29, 0.717) is 16.3 Å². The second-order valence-corrected chi connectivity index (χ2v) is 4.16. The second-order valence-electron chi connectivity index (χ2n) is 3.73. The fourth-order valence-corrected chi connectivity index (χ4v) is 1.62. The van der Waals surface area contributed by atoms with Gasteiger partial charge < -0.3 is 5.32 Å². The van der Waals surface area contributed by atoms with Gasteiger partial charge in [0.15, 0.2) is 0 Å². The average molecular weight is 265 g/mol. The molecule has 0 aliphatic rings. The average Bonchev–Trinajstić information content (AvgIpc) is 2.35. The van der Waals surface area contributed by atoms with E-state index in [-0.39, 0.29) is 11.5 Å². The number of rotatable bonds is 2. The molecule has 1 N–H and O–H groups in total. The van der Waals surface area contributed by atoms with E-state index < -0.39 is 5.91 Å². The van der Waals surface area contributed by atoms with Crippen molar-refractivity contribution in [3.63, 3.8) is 0 Å². The molecule has 18 heavy (non-hydrogen) atoms. The highest BCUT2D eigenvalue weighted by molar-refractivity contribution is 6.30. The summed E-state index contributed by atoms with van der Waals surface area (Å²) >= 11 is 5.77. The van der Waals surface area contributed by atoms with Crippen molar-refractivity contribution in [1.82, 2.24) is 4.98 Å². The van der Waals surface area contributed by atoms with Crippen molar-refractivity contribution < 1.29 is 9.18 Å². The Balaban J connectivity index is 2.24. The van der Waals surface area contributed by atoms with Gasteiger partial charge in [-0.05, 0) is 31.2 Å². The van der Waals surface area contributed by atoms with E-state index in [1.165, 1.54) is 24.4 Å². The van der Waals surface area contributed by atoms with Gasteiger partial charge in [-0.15, -0.1) is 0 Å². The first-order valence-electron chi connectivity index (χ1n) is 5.26. The van der Waals surface area contributed by atoms with E-state index in [2.05, 4.69) is 10.3 Å². The lowest BCUT2D eigenvalue weighted by atomic mass is 10.2. The minimum atomic E-state index is -0.425. The van der Waals surface area contributed by atoms with Crippen LogP contribution in [0.25, 0.3) is 0 Å². The first kappa shape index (κ1) is 12.5. The number of halogens is 2. The molecule has 1 heterocycles. The van der Waals surface area contributed by atoms with E-state index >= 15 is 0 Å². The van der Waals surface area contributed by atoms with Crippen LogP contribution in [0.15, 0.2) is 36.5 Å². The fourth-order valence-electron chi connectivity index (χ4n) is 1.46. The van der Waals surface area contributed by atoms with Crippen molar-refractivity contribution in [3.8, 4) is 0 Å². The summed E-state index contributed by atoms with van der Waals surface area (Å²) in [6.45, 7) is 1.59. The lowest BCUT2D eigenvalue weighted by Crippen LogP contribution is -2.14. The van der Waals surface area contributed by atoms with E-state index in [4.69, 9.17) is 11.6 Å². The number of amides is 1. The zero-order valence-corrected chi connectivity index (χ0v) is 10.3. The first-order valence-corrected chi connectivity index (χ1v) is 5.64. The molecule has 92 valence electrons. The van der Waals surface area contributed by atoms with Crippen LogP contribution in [0.1, 0.15) is 16.1 Å². The van der Waals surface area contributed by atoms with Crippen molar-refractivity contribution >= 4 is 23.2 Å². The maximum atomic E-state index is 13.3. The highest BCUT2D eigenvalue weighted by Crippen LogP contribution is 2.18. The minimum Gasteiger partial charge on any atom is -0.320 e. The van der Waals surface area contributed by atoms with Crippen LogP contribution in [0.3, 0.4) is 0 Å². The number of hydrogen-bond acceptors (Lipinski definition) is 2. The Bertz CT molecular complexity index is 601. The molecule has 0 saturated heterocycles. The maximum absolute atomic E-state index is 13.3. The van der Waals surface area contributed by atoms with E-state index in [1.54, 1.807) is 19.1 Å². The highest BCUT2D eigenvalue weighted by atomic mass is 35.5. The van der Waals surface area contributed by atoms with Crippen LogP contribution in [-0.2, 0) is 0 Å². The molecule has 0 saturated carbocycles. The third-order valence-corrected chi connectivity index (χ3v) is 2.71. The predicted molar refractivity (Wildman–Crippen MR) is 68.3 cm³/mol. The standard InChI is InChI=1S/C13H10ClFN2O/c1-8-10(15)3-2-4-11(8)17-13(18)12-7-9(14)5-6-16-12/h2-7H,1H3,(H,17,18). The molecule has 0 atom stereocenters. The smallest absolute Gasteiger partial charge is 0.274 e. The Kier molecular flexibility index (Phi) is 3.58. The predicted octanol–water partition coefficient (Wildman–Crippen LogP) is 3.43. The Hall–Kier alpha value is -1.94. The molecule has 0 bridgehead atoms. The number of hydrogen-bond donors (Lipinski definition) is 1. The maximum Gasteiger partial charge on any atom is 0.274 e. The molecule has 1 amide bonds. The molecule has 0 spiro atoms. The molecule has 5 heteroatoms. The zero-order chi connectivity index (χ0) is 13.1. The summed E-state index contributed by atoms with van der Waals surface area (Å²) < 4.78 is 13.3. The normalized spacial score (nSPS) is 10.2. The van der Waals surface area contributed by atoms with Gasteiger partial charge in [0.05, 0.1) is 0 Å². The van der Waals surface area contributed by atoms with Crippen LogP contribution in [0.2, 0.25) is 5.02 Å². The monoisotopic (exact) mass is 264 g/mol. The van der Waals surface area contributed by atoms with Gasteiger partial charge in [-0.1, -0.05) is 17.7 Å². The van der Waals surface area contributed by atoms with Crippen molar-refractivity contribution in [1.29, 1.82) is 0 Å². The summed E-state index contributed by atoms with van der Waals surface area (Å²) in [7, 11) is 0. The molecular weight excluding hydrogens is 255 g/mol. The summed E-state index contributed by atoms with van der Waals surface area (Å²) in [6.07, 6.45) is 1.44. The number of pyridine rings is 1. The van der Waals surface area contributed by atoms with Gasteiger partial charge >= 0.3 is 0 Å². The van der Waals surface area contributed by atoms with Crippen molar-refractivity contribution in [2.75, 3.05) is 5.32 Å². The highest BCUT2D eigenvalue weighted by Gasteiger charge is 2.10. The number of nitrogens with one attached hydrogen (secondary N) is 1. The van der Waals surface area contributed by atoms with Crippen LogP contribution in [-0.4, -0.2) is 10.9 Å². The van der Waals surface area contributed by atoms with Crippen molar-refractivity contribution in [2.24, 2.45) is 0 Å². The van der Waals surface area contributed by atoms with E-state index in [0.717, 1.165) is 0 Å². The van der Waals surface area contributed by atoms with Crippen molar-refractivity contribution in [2.45, 2.75) is 6.92 Å². The first-order chi connectivity index (χ1) is 8.58. The van der Waals surface area contributed by atoms with Crippen LogP contribution in [0, 0.1) is 12.7 Å². The van der Waals surface area contributed by atoms with Crippen molar-refractivity contribution in [3.05, 3.63) is 58.6 Å². The SMILES string of the molecule is Cc1c(F)cccc1NC(=O)c1cc(Cl)ccn1. The van der Waals surface area contributed by atoms with Crippen LogP contribution in [0.5, 0.6) is 0 Å². The molecular formula is C13H10ClFN2O. The van der Waals surface area contributed by atoms with Crippen LogP contribution in [0.4, 0.5) is 10.1 Å². The Morgan fingerprint density at radius 1 is 1.39 bits per heavy atom. The van der Waals surface area contributed by atoms with Gasteiger partial charge in [0.25, 0.3) is 5.91 Å². The van der Waals surface area contributed by atoms with Crippen LogP contribution >= 0.6 is 11.6 Å². The number of nitrogens with zero attached hydrogens (tertiary/aromatic N) is 1. The second kappa shape index (κ2) is 5.14. The molecule has 2 aromatic rings. The van der Waals surface area contributed by atoms with Gasteiger partial charge in [-0.3, -0.25) is 9.78 Å². The lowest BCUT2D eigenvalue weighted by molar-refractivity contribution is 0.102. The zero-order valence-electron chi connectivity index (χ0n) is 9.58. The number of carbonyl (C=O) groups is 1. The molecule has 0 aliphatic carbocycles. The molecule has 1 aromatic carbocycles. The molecule has 0 aliphatic heterocycles. The third kappa shape index (κ3) is 2.65. The summed E-state index contributed by atoms with van der Waals surface area (Å²) in [6, 6.07) is 7.52. The summed E-state index contributed by atoms with van der Waals surface area (Å²) in [5.41, 5.74) is 0.987. The lowest BCUT2D eigenvalue weighted by Gasteiger charge is -2.08. The largest absolute Gasteiger partial charge is 0.320 e. The van der Waals surface area contributed by atoms with E-state index in [9.17, 15) is 9.18 Å². The summed E-state index contributed by atoms with van der Waals surface area (Å²) in [5.74, 6) is -0.793. The van der Waals surface area contributed by atoms with Gasteiger partial charge in [0, 0.05) is 22.5 Å². The van der Waals surface area contributed by atoms with Gasteiger partial charge in [0.2, 0.25) is 0 Å². The number of anilines is 1. The Labute approximate surface area is 109 Å². The number of benzene rings is 1. The molecule has 3 nitrogen and oxygen atoms in total. The number of carbonyl (C=O) groups excluding carboxylic acids is 1. The molecule has 1 aromatic heterocycles.